The molecule has 0 aromatic heterocycles. The molecule has 0 radical (unpaired) electrons. The summed E-state index contributed by atoms with van der Waals surface area (Å²) in [7, 11) is 0. The van der Waals surface area contributed by atoms with Gasteiger partial charge in [0.25, 0.3) is 0 Å². The second-order valence-electron chi connectivity index (χ2n) is 3.96. The number of fused-ring (bicyclic) bond motifs is 1. The fraction of sp³-hybridized carbons (Fsp3) is 0.750. The fourth-order valence-corrected chi connectivity index (χ4v) is 2.59. The summed E-state index contributed by atoms with van der Waals surface area (Å²) in [5.41, 5.74) is -0.440. The first-order valence-corrected chi connectivity index (χ1v) is 4.02. The molecule has 4 heteroatoms. The van der Waals surface area contributed by atoms with Gasteiger partial charge in [-0.25, -0.2) is 4.79 Å². The average Bonchev–Trinajstić information content (AvgIpc) is 2.40. The van der Waals surface area contributed by atoms with E-state index < -0.39 is 6.09 Å². The van der Waals surface area contributed by atoms with E-state index in [9.17, 15) is 4.79 Å². The van der Waals surface area contributed by atoms with Crippen LogP contribution in [0.5, 0.6) is 0 Å². The SMILES string of the molecule is N#CC12CCC(NC(=O)O)(C1)C2. The third-order valence-electron chi connectivity index (χ3n) is 3.04. The largest absolute Gasteiger partial charge is 0.465 e. The summed E-state index contributed by atoms with van der Waals surface area (Å²) < 4.78 is 0. The number of nitriles is 1. The van der Waals surface area contributed by atoms with Crippen LogP contribution in [0.2, 0.25) is 0 Å². The molecule has 3 aliphatic rings. The Balaban J connectivity index is 2.06. The van der Waals surface area contributed by atoms with Gasteiger partial charge in [-0.15, -0.1) is 0 Å². The third-order valence-corrected chi connectivity index (χ3v) is 3.04. The van der Waals surface area contributed by atoms with Crippen LogP contribution in [-0.2, 0) is 0 Å². The van der Waals surface area contributed by atoms with Gasteiger partial charge in [0.05, 0.1) is 11.5 Å². The monoisotopic (exact) mass is 166 g/mol. The lowest BCUT2D eigenvalue weighted by atomic mass is 9.66. The molecule has 64 valence electrons. The molecule has 2 bridgehead atoms. The van der Waals surface area contributed by atoms with Crippen LogP contribution in [0.25, 0.3) is 0 Å². The minimum atomic E-state index is -0.969. The van der Waals surface area contributed by atoms with Crippen molar-refractivity contribution in [1.29, 1.82) is 5.26 Å². The van der Waals surface area contributed by atoms with Gasteiger partial charge in [-0.2, -0.15) is 5.26 Å². The molecule has 2 N–H and O–H groups in total. The van der Waals surface area contributed by atoms with Crippen LogP contribution < -0.4 is 5.32 Å². The van der Waals surface area contributed by atoms with Crippen molar-refractivity contribution in [3.8, 4) is 6.07 Å². The summed E-state index contributed by atoms with van der Waals surface area (Å²) in [5, 5.41) is 19.8. The van der Waals surface area contributed by atoms with Crippen molar-refractivity contribution in [2.75, 3.05) is 0 Å². The van der Waals surface area contributed by atoms with Crippen LogP contribution >= 0.6 is 0 Å². The van der Waals surface area contributed by atoms with Crippen molar-refractivity contribution in [3.05, 3.63) is 0 Å². The predicted octanol–water partition coefficient (Wildman–Crippen LogP) is 1.09. The van der Waals surface area contributed by atoms with Crippen LogP contribution in [0.3, 0.4) is 0 Å². The Kier molecular flexibility index (Phi) is 1.18. The zero-order valence-electron chi connectivity index (χ0n) is 6.63. The molecule has 3 fully saturated rings. The maximum atomic E-state index is 10.4. The molecule has 0 saturated heterocycles. The highest BCUT2D eigenvalue weighted by Crippen LogP contribution is 2.60. The van der Waals surface area contributed by atoms with E-state index in [2.05, 4.69) is 11.4 Å². The van der Waals surface area contributed by atoms with E-state index in [1.807, 2.05) is 0 Å². The molecular formula is C8H10N2O2. The van der Waals surface area contributed by atoms with Gasteiger partial charge in [0, 0.05) is 5.54 Å². The summed E-state index contributed by atoms with van der Waals surface area (Å²) in [6, 6.07) is 2.27. The van der Waals surface area contributed by atoms with Gasteiger partial charge in [0.15, 0.2) is 0 Å². The van der Waals surface area contributed by atoms with Gasteiger partial charge in [-0.05, 0) is 25.7 Å². The number of hydrogen-bond acceptors (Lipinski definition) is 2. The number of carbonyl (C=O) groups is 1. The van der Waals surface area contributed by atoms with E-state index in [0.29, 0.717) is 12.8 Å². The summed E-state index contributed by atoms with van der Waals surface area (Å²) >= 11 is 0. The number of amides is 1. The standard InChI is InChI=1S/C8H10N2O2/c9-5-7-1-2-8(3-7,4-7)10-6(11)12/h10H,1-4H2,(H,11,12). The second-order valence-corrected chi connectivity index (χ2v) is 3.96. The Morgan fingerprint density at radius 1 is 1.50 bits per heavy atom. The third kappa shape index (κ3) is 0.795. The summed E-state index contributed by atoms with van der Waals surface area (Å²) in [6.45, 7) is 0. The van der Waals surface area contributed by atoms with E-state index in [0.717, 1.165) is 12.8 Å². The fourth-order valence-electron chi connectivity index (χ4n) is 2.59. The topological polar surface area (TPSA) is 73.1 Å². The maximum Gasteiger partial charge on any atom is 0.405 e. The Labute approximate surface area is 70.2 Å². The Morgan fingerprint density at radius 3 is 2.58 bits per heavy atom. The second kappa shape index (κ2) is 1.92. The van der Waals surface area contributed by atoms with Crippen molar-refractivity contribution >= 4 is 6.09 Å². The van der Waals surface area contributed by atoms with Crippen molar-refractivity contribution in [1.82, 2.24) is 5.32 Å². The van der Waals surface area contributed by atoms with E-state index in [1.54, 1.807) is 0 Å². The van der Waals surface area contributed by atoms with Crippen molar-refractivity contribution < 1.29 is 9.90 Å². The molecule has 4 nitrogen and oxygen atoms in total. The molecule has 12 heavy (non-hydrogen) atoms. The van der Waals surface area contributed by atoms with Gasteiger partial charge in [0.2, 0.25) is 0 Å². The molecule has 3 rings (SSSR count). The number of nitrogens with zero attached hydrogens (tertiary/aromatic N) is 1. The lowest BCUT2D eigenvalue weighted by Gasteiger charge is -2.42. The van der Waals surface area contributed by atoms with Gasteiger partial charge < -0.3 is 10.4 Å². The molecule has 1 amide bonds. The highest BCUT2D eigenvalue weighted by atomic mass is 16.4. The van der Waals surface area contributed by atoms with Crippen LogP contribution in [0.15, 0.2) is 0 Å². The number of rotatable bonds is 1. The quantitative estimate of drug-likeness (QED) is 0.612. The average molecular weight is 166 g/mol. The minimum absolute atomic E-state index is 0.192. The molecule has 0 atom stereocenters. The zero-order chi connectivity index (χ0) is 8.82. The van der Waals surface area contributed by atoms with Crippen LogP contribution in [0.1, 0.15) is 25.7 Å². The predicted molar refractivity (Wildman–Crippen MR) is 40.4 cm³/mol. The molecule has 0 aliphatic heterocycles. The lowest BCUT2D eigenvalue weighted by molar-refractivity contribution is 0.120. The van der Waals surface area contributed by atoms with E-state index in [4.69, 9.17) is 10.4 Å². The van der Waals surface area contributed by atoms with Crippen LogP contribution in [0, 0.1) is 16.7 Å². The van der Waals surface area contributed by atoms with Gasteiger partial charge in [0.1, 0.15) is 0 Å². The lowest BCUT2D eigenvalue weighted by Crippen LogP contribution is -2.54. The number of hydrogen-bond donors (Lipinski definition) is 2. The summed E-state index contributed by atoms with van der Waals surface area (Å²) in [6.07, 6.45) is 2.13. The highest BCUT2D eigenvalue weighted by molar-refractivity contribution is 5.66. The van der Waals surface area contributed by atoms with Gasteiger partial charge >= 0.3 is 6.09 Å². The Morgan fingerprint density at radius 2 is 2.17 bits per heavy atom. The number of carboxylic acid groups (broad SMARTS) is 1. The summed E-state index contributed by atoms with van der Waals surface area (Å²) in [5.74, 6) is 0. The molecule has 0 aromatic rings. The van der Waals surface area contributed by atoms with Crippen LogP contribution in [-0.4, -0.2) is 16.7 Å². The first-order chi connectivity index (χ1) is 5.60. The molecule has 0 aromatic carbocycles. The maximum absolute atomic E-state index is 10.4. The zero-order valence-corrected chi connectivity index (χ0v) is 6.63. The highest BCUT2D eigenvalue weighted by Gasteiger charge is 2.62. The Bertz CT molecular complexity index is 273. The first kappa shape index (κ1) is 7.41. The molecule has 0 heterocycles. The molecule has 0 unspecified atom stereocenters. The first-order valence-electron chi connectivity index (χ1n) is 4.02. The summed E-state index contributed by atoms with van der Waals surface area (Å²) in [4.78, 5) is 10.4. The molecule has 3 aliphatic carbocycles. The van der Waals surface area contributed by atoms with Crippen molar-refractivity contribution in [3.63, 3.8) is 0 Å². The smallest absolute Gasteiger partial charge is 0.405 e. The Hall–Kier alpha value is -1.24. The van der Waals surface area contributed by atoms with Crippen molar-refractivity contribution in [2.45, 2.75) is 31.2 Å². The number of nitrogens with one attached hydrogen (secondary N) is 1. The van der Waals surface area contributed by atoms with Gasteiger partial charge in [-0.3, -0.25) is 0 Å². The van der Waals surface area contributed by atoms with E-state index >= 15 is 0 Å². The normalized spacial score (nSPS) is 42.9. The molecule has 3 saturated carbocycles. The van der Waals surface area contributed by atoms with Crippen molar-refractivity contribution in [2.24, 2.45) is 5.41 Å². The molecule has 0 spiro atoms. The van der Waals surface area contributed by atoms with Crippen LogP contribution in [0.4, 0.5) is 4.79 Å². The van der Waals surface area contributed by atoms with Gasteiger partial charge in [-0.1, -0.05) is 0 Å². The van der Waals surface area contributed by atoms with E-state index in [1.165, 1.54) is 0 Å². The van der Waals surface area contributed by atoms with E-state index in [-0.39, 0.29) is 11.0 Å². The molecular weight excluding hydrogens is 156 g/mol. The minimum Gasteiger partial charge on any atom is -0.465 e.